The van der Waals surface area contributed by atoms with Crippen molar-refractivity contribution in [3.05, 3.63) is 0 Å². The number of hydrogen-bond acceptors (Lipinski definition) is 5. The average Bonchev–Trinajstić information content (AvgIpc) is 2.18. The maximum atomic E-state index is 11.3. The first-order valence-corrected chi connectivity index (χ1v) is 4.91. The number of carbonyl (C=O) groups is 3. The first-order valence-electron chi connectivity index (χ1n) is 4.91. The number of carbonyl (C=O) groups excluding carboxylic acids is 3. The van der Waals surface area contributed by atoms with Gasteiger partial charge in [0.25, 0.3) is 0 Å². The van der Waals surface area contributed by atoms with Crippen LogP contribution in [0.25, 0.3) is 0 Å². The van der Waals surface area contributed by atoms with Gasteiger partial charge in [0.15, 0.2) is 0 Å². The Morgan fingerprint density at radius 3 is 2.27 bits per heavy atom. The van der Waals surface area contributed by atoms with Crippen molar-refractivity contribution in [1.29, 1.82) is 0 Å². The molecular weight excluding hydrogens is 200 g/mol. The van der Waals surface area contributed by atoms with Crippen molar-refractivity contribution in [1.82, 2.24) is 0 Å². The molecule has 0 aromatic rings. The fraction of sp³-hybridized carbons (Fsp3) is 0.700. The standard InChI is InChI=1S/C10H16O5/c1-3-14-9(12)7-8(5-6-11)10(13)15-4-2/h6,8H,3-5,7H2,1-2H3. The van der Waals surface area contributed by atoms with Gasteiger partial charge in [0, 0.05) is 6.42 Å². The Kier molecular flexibility index (Phi) is 7.23. The van der Waals surface area contributed by atoms with E-state index in [0.717, 1.165) is 0 Å². The van der Waals surface area contributed by atoms with E-state index in [1.807, 2.05) is 0 Å². The predicted molar refractivity (Wildman–Crippen MR) is 52.1 cm³/mol. The maximum Gasteiger partial charge on any atom is 0.309 e. The second-order valence-corrected chi connectivity index (χ2v) is 2.86. The van der Waals surface area contributed by atoms with Crippen LogP contribution < -0.4 is 0 Å². The molecule has 0 radical (unpaired) electrons. The summed E-state index contributed by atoms with van der Waals surface area (Å²) in [4.78, 5) is 32.7. The van der Waals surface area contributed by atoms with Crippen LogP contribution in [0.3, 0.4) is 0 Å². The monoisotopic (exact) mass is 216 g/mol. The zero-order valence-electron chi connectivity index (χ0n) is 9.02. The summed E-state index contributed by atoms with van der Waals surface area (Å²) in [6.45, 7) is 3.84. The largest absolute Gasteiger partial charge is 0.466 e. The number of hydrogen-bond donors (Lipinski definition) is 0. The van der Waals surface area contributed by atoms with Crippen molar-refractivity contribution in [2.24, 2.45) is 5.92 Å². The lowest BCUT2D eigenvalue weighted by molar-refractivity contribution is -0.155. The molecule has 0 fully saturated rings. The third kappa shape index (κ3) is 5.83. The molecule has 0 aliphatic rings. The molecule has 86 valence electrons. The van der Waals surface area contributed by atoms with E-state index in [4.69, 9.17) is 4.74 Å². The van der Waals surface area contributed by atoms with Gasteiger partial charge < -0.3 is 14.3 Å². The Balaban J connectivity index is 4.19. The van der Waals surface area contributed by atoms with Crippen LogP contribution in [0.4, 0.5) is 0 Å². The van der Waals surface area contributed by atoms with E-state index in [0.29, 0.717) is 6.29 Å². The summed E-state index contributed by atoms with van der Waals surface area (Å²) in [5.41, 5.74) is 0. The summed E-state index contributed by atoms with van der Waals surface area (Å²) < 4.78 is 9.41. The molecule has 0 aliphatic heterocycles. The van der Waals surface area contributed by atoms with Crippen LogP contribution in [0.1, 0.15) is 26.7 Å². The van der Waals surface area contributed by atoms with Crippen LogP contribution in [0, 0.1) is 5.92 Å². The van der Waals surface area contributed by atoms with E-state index in [2.05, 4.69) is 4.74 Å². The van der Waals surface area contributed by atoms with E-state index in [1.165, 1.54) is 0 Å². The maximum absolute atomic E-state index is 11.3. The molecule has 0 rings (SSSR count). The van der Waals surface area contributed by atoms with E-state index in [9.17, 15) is 14.4 Å². The minimum Gasteiger partial charge on any atom is -0.466 e. The van der Waals surface area contributed by atoms with E-state index in [-0.39, 0.29) is 26.1 Å². The molecule has 0 aromatic heterocycles. The molecular formula is C10H16O5. The Morgan fingerprint density at radius 1 is 1.20 bits per heavy atom. The summed E-state index contributed by atoms with van der Waals surface area (Å²) in [7, 11) is 0. The minimum atomic E-state index is -0.721. The van der Waals surface area contributed by atoms with Gasteiger partial charge >= 0.3 is 11.9 Å². The van der Waals surface area contributed by atoms with Crippen molar-refractivity contribution in [2.75, 3.05) is 13.2 Å². The third-order valence-electron chi connectivity index (χ3n) is 1.72. The van der Waals surface area contributed by atoms with E-state index in [1.54, 1.807) is 13.8 Å². The van der Waals surface area contributed by atoms with Crippen LogP contribution in [-0.4, -0.2) is 31.4 Å². The van der Waals surface area contributed by atoms with E-state index >= 15 is 0 Å². The van der Waals surface area contributed by atoms with Gasteiger partial charge in [-0.05, 0) is 13.8 Å². The second-order valence-electron chi connectivity index (χ2n) is 2.86. The highest BCUT2D eigenvalue weighted by atomic mass is 16.5. The van der Waals surface area contributed by atoms with Gasteiger partial charge in [-0.2, -0.15) is 0 Å². The SMILES string of the molecule is CCOC(=O)CC(CC=O)C(=O)OCC. The molecule has 5 heteroatoms. The summed E-state index contributed by atoms with van der Waals surface area (Å²) in [6, 6.07) is 0. The number of ether oxygens (including phenoxy) is 2. The van der Waals surface area contributed by atoms with Crippen molar-refractivity contribution in [3.63, 3.8) is 0 Å². The zero-order valence-corrected chi connectivity index (χ0v) is 9.02. The highest BCUT2D eigenvalue weighted by Gasteiger charge is 2.23. The fourth-order valence-electron chi connectivity index (χ4n) is 1.06. The summed E-state index contributed by atoms with van der Waals surface area (Å²) >= 11 is 0. The Morgan fingerprint density at radius 2 is 1.80 bits per heavy atom. The quantitative estimate of drug-likeness (QED) is 0.463. The van der Waals surface area contributed by atoms with Gasteiger partial charge in [0.1, 0.15) is 6.29 Å². The molecule has 0 saturated heterocycles. The summed E-state index contributed by atoms with van der Waals surface area (Å²) in [6.07, 6.45) is 0.476. The number of aldehydes is 1. The normalized spacial score (nSPS) is 11.6. The zero-order chi connectivity index (χ0) is 11.7. The lowest BCUT2D eigenvalue weighted by Gasteiger charge is -2.11. The molecule has 0 N–H and O–H groups in total. The van der Waals surface area contributed by atoms with Gasteiger partial charge in [-0.3, -0.25) is 9.59 Å². The molecule has 0 aromatic carbocycles. The molecule has 0 heterocycles. The minimum absolute atomic E-state index is 0.0162. The van der Waals surface area contributed by atoms with Crippen molar-refractivity contribution < 1.29 is 23.9 Å². The van der Waals surface area contributed by atoms with Crippen LogP contribution in [0.15, 0.2) is 0 Å². The predicted octanol–water partition coefficient (Wildman–Crippen LogP) is 0.708. The molecule has 0 spiro atoms. The second kappa shape index (κ2) is 7.96. The van der Waals surface area contributed by atoms with Crippen LogP contribution >= 0.6 is 0 Å². The van der Waals surface area contributed by atoms with Crippen molar-refractivity contribution in [2.45, 2.75) is 26.7 Å². The molecule has 0 bridgehead atoms. The van der Waals surface area contributed by atoms with E-state index < -0.39 is 17.9 Å². The lowest BCUT2D eigenvalue weighted by atomic mass is 10.0. The molecule has 1 atom stereocenters. The van der Waals surface area contributed by atoms with Gasteiger partial charge in [0.2, 0.25) is 0 Å². The number of esters is 2. The first kappa shape index (κ1) is 13.6. The molecule has 5 nitrogen and oxygen atoms in total. The summed E-state index contributed by atoms with van der Waals surface area (Å²) in [5, 5.41) is 0. The first-order chi connectivity index (χ1) is 7.15. The van der Waals surface area contributed by atoms with Gasteiger partial charge in [-0.25, -0.2) is 0 Å². The lowest BCUT2D eigenvalue weighted by Crippen LogP contribution is -2.22. The highest BCUT2D eigenvalue weighted by Crippen LogP contribution is 2.10. The molecule has 0 amide bonds. The highest BCUT2D eigenvalue weighted by molar-refractivity contribution is 5.81. The van der Waals surface area contributed by atoms with Crippen LogP contribution in [-0.2, 0) is 23.9 Å². The fourth-order valence-corrected chi connectivity index (χ4v) is 1.06. The Labute approximate surface area is 88.7 Å². The molecule has 1 unspecified atom stereocenters. The van der Waals surface area contributed by atoms with Crippen LogP contribution in [0.5, 0.6) is 0 Å². The summed E-state index contributed by atoms with van der Waals surface area (Å²) in [5.74, 6) is -1.74. The number of rotatable bonds is 7. The van der Waals surface area contributed by atoms with Crippen molar-refractivity contribution in [3.8, 4) is 0 Å². The van der Waals surface area contributed by atoms with Gasteiger partial charge in [0.05, 0.1) is 25.6 Å². The topological polar surface area (TPSA) is 69.7 Å². The molecule has 0 aliphatic carbocycles. The smallest absolute Gasteiger partial charge is 0.309 e. The van der Waals surface area contributed by atoms with Crippen molar-refractivity contribution >= 4 is 18.2 Å². The third-order valence-corrected chi connectivity index (χ3v) is 1.72. The Bertz CT molecular complexity index is 224. The van der Waals surface area contributed by atoms with Gasteiger partial charge in [-0.1, -0.05) is 0 Å². The molecule has 0 saturated carbocycles. The average molecular weight is 216 g/mol. The Hall–Kier alpha value is -1.39. The molecule has 15 heavy (non-hydrogen) atoms. The van der Waals surface area contributed by atoms with Gasteiger partial charge in [-0.15, -0.1) is 0 Å². The van der Waals surface area contributed by atoms with Crippen LogP contribution in [0.2, 0.25) is 0 Å².